The molecule has 2 atom stereocenters. The van der Waals surface area contributed by atoms with Crippen LogP contribution in [-0.4, -0.2) is 47.6 Å². The standard InChI is InChI=1S/C45H76O6/c1-4-5-6-7-8-9-10-11-12-13-17-20-23-26-29-32-35-42(47)37-38-44(48)50-40-43(39-46)51-45(49)36-33-30-27-24-21-18-15-14-16-19-22-25-28-31-34-41(2)3/h5-6,8-9,11-12,17,20,26,29,32,35,41-43,46-47H,4,7,10,13-16,18-19,21-25,27-28,30-31,33-34,36-40H2,1-3H3/b6-5-,9-8-,12-11-,20-17-,29-26-,35-32-/t42?,43-/m0/s1. The first kappa shape index (κ1) is 48.3. The minimum atomic E-state index is -0.869. The zero-order chi connectivity index (χ0) is 37.5. The monoisotopic (exact) mass is 713 g/mol. The van der Waals surface area contributed by atoms with Crippen molar-refractivity contribution in [2.75, 3.05) is 13.2 Å². The van der Waals surface area contributed by atoms with Gasteiger partial charge in [0.05, 0.1) is 12.7 Å². The number of esters is 2. The summed E-state index contributed by atoms with van der Waals surface area (Å²) < 4.78 is 10.5. The molecule has 0 aliphatic carbocycles. The second-order valence-corrected chi connectivity index (χ2v) is 14.0. The number of unbranched alkanes of at least 4 members (excludes halogenated alkanes) is 13. The first-order valence-electron chi connectivity index (χ1n) is 20.5. The van der Waals surface area contributed by atoms with Gasteiger partial charge in [-0.1, -0.05) is 184 Å². The molecule has 0 aromatic heterocycles. The third-order valence-corrected chi connectivity index (χ3v) is 8.56. The van der Waals surface area contributed by atoms with Crippen molar-refractivity contribution in [1.29, 1.82) is 0 Å². The minimum absolute atomic E-state index is 0.0297. The van der Waals surface area contributed by atoms with E-state index in [9.17, 15) is 19.8 Å². The molecular weight excluding hydrogens is 636 g/mol. The number of aliphatic hydroxyl groups is 2. The fourth-order valence-corrected chi connectivity index (χ4v) is 5.44. The number of carbonyl (C=O) groups excluding carboxylic acids is 2. The van der Waals surface area contributed by atoms with Crippen molar-refractivity contribution in [2.24, 2.45) is 5.92 Å². The molecule has 0 rings (SSSR count). The normalized spacial score (nSPS) is 13.7. The fourth-order valence-electron chi connectivity index (χ4n) is 5.44. The lowest BCUT2D eigenvalue weighted by Crippen LogP contribution is -2.28. The topological polar surface area (TPSA) is 93.1 Å². The van der Waals surface area contributed by atoms with Gasteiger partial charge in [0.15, 0.2) is 6.10 Å². The Bertz CT molecular complexity index is 973. The lowest BCUT2D eigenvalue weighted by Gasteiger charge is -2.16. The van der Waals surface area contributed by atoms with Crippen molar-refractivity contribution < 1.29 is 29.3 Å². The summed E-state index contributed by atoms with van der Waals surface area (Å²) in [5, 5.41) is 19.7. The average Bonchev–Trinajstić information content (AvgIpc) is 3.11. The van der Waals surface area contributed by atoms with Crippen molar-refractivity contribution in [3.63, 3.8) is 0 Å². The molecule has 0 amide bonds. The van der Waals surface area contributed by atoms with E-state index in [0.717, 1.165) is 57.3 Å². The summed E-state index contributed by atoms with van der Waals surface area (Å²) in [5.74, 6) is -0.0363. The Morgan fingerprint density at radius 3 is 1.53 bits per heavy atom. The first-order chi connectivity index (χ1) is 24.9. The predicted molar refractivity (Wildman–Crippen MR) is 215 cm³/mol. The first-order valence-corrected chi connectivity index (χ1v) is 20.5. The van der Waals surface area contributed by atoms with Crippen molar-refractivity contribution in [3.05, 3.63) is 72.9 Å². The highest BCUT2D eigenvalue weighted by Gasteiger charge is 2.16. The van der Waals surface area contributed by atoms with Crippen molar-refractivity contribution in [2.45, 2.75) is 181 Å². The molecule has 0 saturated carbocycles. The van der Waals surface area contributed by atoms with Gasteiger partial charge in [0.25, 0.3) is 0 Å². The second-order valence-electron chi connectivity index (χ2n) is 14.0. The molecule has 0 aromatic carbocycles. The van der Waals surface area contributed by atoms with Crippen LogP contribution in [0.5, 0.6) is 0 Å². The van der Waals surface area contributed by atoms with E-state index in [1.165, 1.54) is 77.0 Å². The van der Waals surface area contributed by atoms with Crippen LogP contribution >= 0.6 is 0 Å². The van der Waals surface area contributed by atoms with E-state index < -0.39 is 24.8 Å². The highest BCUT2D eigenvalue weighted by Crippen LogP contribution is 2.15. The third-order valence-electron chi connectivity index (χ3n) is 8.56. The molecule has 0 aliphatic rings. The average molecular weight is 713 g/mol. The molecule has 6 heteroatoms. The van der Waals surface area contributed by atoms with Crippen LogP contribution in [0.25, 0.3) is 0 Å². The summed E-state index contributed by atoms with van der Waals surface area (Å²) in [4.78, 5) is 24.3. The molecule has 0 heterocycles. The molecule has 0 spiro atoms. The van der Waals surface area contributed by atoms with E-state index in [1.807, 2.05) is 12.2 Å². The molecule has 51 heavy (non-hydrogen) atoms. The van der Waals surface area contributed by atoms with Gasteiger partial charge in [-0.15, -0.1) is 0 Å². The van der Waals surface area contributed by atoms with Crippen LogP contribution in [0.2, 0.25) is 0 Å². The lowest BCUT2D eigenvalue weighted by molar-refractivity contribution is -0.161. The summed E-state index contributed by atoms with van der Waals surface area (Å²) in [6.07, 6.45) is 47.2. The van der Waals surface area contributed by atoms with Gasteiger partial charge in [-0.25, -0.2) is 0 Å². The SMILES string of the molecule is CC/C=C\C/C=C\C/C=C\C/C=C\C/C=C\C=C/C(O)CCC(=O)OC[C@H](CO)OC(=O)CCCCCCCCCCCCCCCCC(C)C. The van der Waals surface area contributed by atoms with Crippen LogP contribution in [0.3, 0.4) is 0 Å². The Morgan fingerprint density at radius 2 is 1.04 bits per heavy atom. The number of carbonyl (C=O) groups is 2. The lowest BCUT2D eigenvalue weighted by atomic mass is 10.0. The summed E-state index contributed by atoms with van der Waals surface area (Å²) in [5.41, 5.74) is 0. The van der Waals surface area contributed by atoms with Gasteiger partial charge in [-0.2, -0.15) is 0 Å². The second kappa shape index (κ2) is 38.5. The Kier molecular flexibility index (Phi) is 36.5. The molecule has 0 saturated heterocycles. The maximum Gasteiger partial charge on any atom is 0.306 e. The van der Waals surface area contributed by atoms with Crippen molar-refractivity contribution in [1.82, 2.24) is 0 Å². The van der Waals surface area contributed by atoms with Gasteiger partial charge in [0.1, 0.15) is 6.61 Å². The molecular formula is C45H76O6. The fraction of sp³-hybridized carbons (Fsp3) is 0.689. The van der Waals surface area contributed by atoms with E-state index in [0.29, 0.717) is 6.42 Å². The number of aliphatic hydroxyl groups excluding tert-OH is 2. The van der Waals surface area contributed by atoms with Gasteiger partial charge < -0.3 is 19.7 Å². The highest BCUT2D eigenvalue weighted by atomic mass is 16.6. The van der Waals surface area contributed by atoms with E-state index >= 15 is 0 Å². The molecule has 1 unspecified atom stereocenters. The largest absolute Gasteiger partial charge is 0.462 e. The van der Waals surface area contributed by atoms with Crippen molar-refractivity contribution >= 4 is 11.9 Å². The van der Waals surface area contributed by atoms with Crippen LogP contribution in [-0.2, 0) is 19.1 Å². The van der Waals surface area contributed by atoms with Crippen LogP contribution in [0.1, 0.15) is 168 Å². The van der Waals surface area contributed by atoms with Gasteiger partial charge in [0, 0.05) is 12.8 Å². The molecule has 6 nitrogen and oxygen atoms in total. The third kappa shape index (κ3) is 38.4. The maximum atomic E-state index is 12.2. The number of ether oxygens (including phenoxy) is 2. The molecule has 0 fully saturated rings. The molecule has 0 radical (unpaired) electrons. The van der Waals surface area contributed by atoms with E-state index in [2.05, 4.69) is 69.4 Å². The Morgan fingerprint density at radius 1 is 0.569 bits per heavy atom. The Balaban J connectivity index is 3.79. The summed E-state index contributed by atoms with van der Waals surface area (Å²) in [6.45, 7) is 6.16. The van der Waals surface area contributed by atoms with Crippen LogP contribution < -0.4 is 0 Å². The molecule has 2 N–H and O–H groups in total. The van der Waals surface area contributed by atoms with Crippen LogP contribution in [0, 0.1) is 5.92 Å². The zero-order valence-electron chi connectivity index (χ0n) is 32.9. The predicted octanol–water partition coefficient (Wildman–Crippen LogP) is 11.8. The molecule has 0 bridgehead atoms. The van der Waals surface area contributed by atoms with Gasteiger partial charge in [-0.05, 0) is 50.9 Å². The number of hydrogen-bond acceptors (Lipinski definition) is 6. The van der Waals surface area contributed by atoms with E-state index in [-0.39, 0.29) is 25.4 Å². The van der Waals surface area contributed by atoms with Gasteiger partial charge in [0.2, 0.25) is 0 Å². The van der Waals surface area contributed by atoms with E-state index in [1.54, 1.807) is 12.2 Å². The van der Waals surface area contributed by atoms with E-state index in [4.69, 9.17) is 9.47 Å². The molecule has 292 valence electrons. The minimum Gasteiger partial charge on any atom is -0.462 e. The molecule has 0 aromatic rings. The Labute approximate surface area is 313 Å². The van der Waals surface area contributed by atoms with Gasteiger partial charge in [-0.3, -0.25) is 9.59 Å². The highest BCUT2D eigenvalue weighted by molar-refractivity contribution is 5.70. The van der Waals surface area contributed by atoms with Crippen LogP contribution in [0.15, 0.2) is 72.9 Å². The number of rotatable bonds is 35. The summed E-state index contributed by atoms with van der Waals surface area (Å²) >= 11 is 0. The summed E-state index contributed by atoms with van der Waals surface area (Å²) in [7, 11) is 0. The number of allylic oxidation sites excluding steroid dienone is 11. The Hall–Kier alpha value is -2.70. The zero-order valence-corrected chi connectivity index (χ0v) is 32.9. The number of hydrogen-bond donors (Lipinski definition) is 2. The van der Waals surface area contributed by atoms with Crippen LogP contribution in [0.4, 0.5) is 0 Å². The van der Waals surface area contributed by atoms with Crippen molar-refractivity contribution in [3.8, 4) is 0 Å². The summed E-state index contributed by atoms with van der Waals surface area (Å²) in [6, 6.07) is 0. The smallest absolute Gasteiger partial charge is 0.306 e. The van der Waals surface area contributed by atoms with Gasteiger partial charge >= 0.3 is 11.9 Å². The quantitative estimate of drug-likeness (QED) is 0.0294. The molecule has 0 aliphatic heterocycles. The maximum absolute atomic E-state index is 12.2.